The monoisotopic (exact) mass is 1070 g/mol. The number of fused-ring (bicyclic) bond motifs is 3. The van der Waals surface area contributed by atoms with Gasteiger partial charge in [-0.2, -0.15) is 0 Å². The number of nitrogens with zero attached hydrogens (tertiary/aromatic N) is 3. The van der Waals surface area contributed by atoms with E-state index in [-0.39, 0.29) is 151 Å². The Morgan fingerprint density at radius 3 is 2.03 bits per heavy atom. The van der Waals surface area contributed by atoms with E-state index in [1.807, 2.05) is 35.8 Å². The van der Waals surface area contributed by atoms with Gasteiger partial charge in [0, 0.05) is 75.7 Å². The Morgan fingerprint density at radius 1 is 0.733 bits per heavy atom. The summed E-state index contributed by atoms with van der Waals surface area (Å²) in [6.45, 7) is 8.08. The summed E-state index contributed by atoms with van der Waals surface area (Å²) in [6.07, 6.45) is -0.339. The molecule has 2 aromatic heterocycles. The molecule has 0 aliphatic carbocycles. The third-order valence-electron chi connectivity index (χ3n) is 11.4. The van der Waals surface area contributed by atoms with E-state index in [0.717, 1.165) is 22.7 Å². The van der Waals surface area contributed by atoms with Crippen molar-refractivity contribution in [3.05, 3.63) is 30.1 Å². The molecule has 3 rings (SSSR count). The molecule has 24 heteroatoms. The first-order chi connectivity index (χ1) is 35.8. The number of carbonyl (C=O) groups is 9. The number of pyridine rings is 1. The van der Waals surface area contributed by atoms with Crippen molar-refractivity contribution in [2.24, 2.45) is 17.4 Å². The van der Waals surface area contributed by atoms with E-state index in [4.69, 9.17) is 50.6 Å². The van der Waals surface area contributed by atoms with Crippen LogP contribution in [0.3, 0.4) is 0 Å². The summed E-state index contributed by atoms with van der Waals surface area (Å²) in [4.78, 5) is 120. The molecule has 416 valence electrons. The SMILES string of the molecule is CCOCc1nc2c(N)nc3ccccc3c2n1CC(C)(C)OC(=O)CCC(=O)CCCC(=O)C(CC(=O)O)SCC(CC(=O)CCOCCOCCOCCOCCCC(=O)CNC(=O)CCC(=O)CN)C(N)=O. The van der Waals surface area contributed by atoms with Crippen LogP contribution >= 0.6 is 11.8 Å². The van der Waals surface area contributed by atoms with E-state index >= 15 is 0 Å². The largest absolute Gasteiger partial charge is 0.481 e. The lowest BCUT2D eigenvalue weighted by atomic mass is 10.0. The molecule has 0 saturated carbocycles. The lowest BCUT2D eigenvalue weighted by Crippen LogP contribution is -2.34. The maximum Gasteiger partial charge on any atom is 0.306 e. The van der Waals surface area contributed by atoms with Crippen LogP contribution in [0.5, 0.6) is 0 Å². The van der Waals surface area contributed by atoms with Crippen LogP contribution in [0.4, 0.5) is 5.82 Å². The van der Waals surface area contributed by atoms with Gasteiger partial charge in [0.25, 0.3) is 0 Å². The van der Waals surface area contributed by atoms with Gasteiger partial charge in [-0.3, -0.25) is 43.2 Å². The number of aliphatic carboxylic acids is 1. The van der Waals surface area contributed by atoms with Crippen molar-refractivity contribution in [1.29, 1.82) is 0 Å². The van der Waals surface area contributed by atoms with Crippen LogP contribution in [0.2, 0.25) is 0 Å². The number of primary amides is 1. The van der Waals surface area contributed by atoms with Crippen LogP contribution in [0, 0.1) is 5.92 Å². The average molecular weight is 1070 g/mol. The highest BCUT2D eigenvalue weighted by Crippen LogP contribution is 2.31. The van der Waals surface area contributed by atoms with Crippen LogP contribution in [-0.4, -0.2) is 161 Å². The zero-order valence-corrected chi connectivity index (χ0v) is 44.2. The van der Waals surface area contributed by atoms with Crippen LogP contribution in [0.25, 0.3) is 21.9 Å². The highest BCUT2D eigenvalue weighted by molar-refractivity contribution is 8.00. The molecule has 1 aromatic carbocycles. The molecule has 3 aromatic rings. The number of carbonyl (C=O) groups excluding carboxylic acids is 8. The number of ether oxygens (including phenoxy) is 6. The number of benzene rings is 1. The molecule has 8 N–H and O–H groups in total. The molecule has 0 bridgehead atoms. The summed E-state index contributed by atoms with van der Waals surface area (Å²) in [5.41, 5.74) is 18.0. The third kappa shape index (κ3) is 25.1. The number of rotatable bonds is 44. The number of esters is 1. The number of amides is 2. The topological polar surface area (TPSA) is 350 Å². The zero-order chi connectivity index (χ0) is 55.2. The number of hydrogen-bond acceptors (Lipinski definition) is 20. The number of carboxylic acids is 1. The second kappa shape index (κ2) is 34.7. The van der Waals surface area contributed by atoms with Gasteiger partial charge < -0.3 is 60.6 Å². The molecule has 0 fully saturated rings. The Bertz CT molecular complexity index is 2380. The molecule has 0 radical (unpaired) electrons. The van der Waals surface area contributed by atoms with Crippen molar-refractivity contribution >= 4 is 92.2 Å². The van der Waals surface area contributed by atoms with Gasteiger partial charge in [-0.25, -0.2) is 9.97 Å². The van der Waals surface area contributed by atoms with Gasteiger partial charge >= 0.3 is 11.9 Å². The van der Waals surface area contributed by atoms with Gasteiger partial charge in [-0.05, 0) is 39.7 Å². The molecule has 2 atom stereocenters. The number of ketones is 5. The second-order valence-corrected chi connectivity index (χ2v) is 19.4. The van der Waals surface area contributed by atoms with E-state index in [9.17, 15) is 48.3 Å². The van der Waals surface area contributed by atoms with E-state index in [1.54, 1.807) is 13.8 Å². The Balaban J connectivity index is 1.28. The molecule has 2 unspecified atom stereocenters. The molecular weight excluding hydrogens is 999 g/mol. The zero-order valence-electron chi connectivity index (χ0n) is 43.4. The average Bonchev–Trinajstić information content (AvgIpc) is 3.72. The van der Waals surface area contributed by atoms with Crippen molar-refractivity contribution in [2.75, 3.05) is 84.0 Å². The van der Waals surface area contributed by atoms with Crippen LogP contribution in [-0.2, 0) is 84.7 Å². The Morgan fingerprint density at radius 2 is 1.37 bits per heavy atom. The van der Waals surface area contributed by atoms with Gasteiger partial charge in [0.2, 0.25) is 11.8 Å². The highest BCUT2D eigenvalue weighted by atomic mass is 32.2. The van der Waals surface area contributed by atoms with Crippen molar-refractivity contribution in [1.82, 2.24) is 19.9 Å². The van der Waals surface area contributed by atoms with Crippen molar-refractivity contribution in [2.45, 2.75) is 122 Å². The summed E-state index contributed by atoms with van der Waals surface area (Å²) in [5.74, 6) is -4.53. The van der Waals surface area contributed by atoms with Gasteiger partial charge in [-0.1, -0.05) is 18.2 Å². The summed E-state index contributed by atoms with van der Waals surface area (Å²) in [5, 5.41) is 11.8. The number of nitrogens with two attached hydrogens (primary N) is 3. The smallest absolute Gasteiger partial charge is 0.306 e. The standard InChI is InChI=1S/C51H75N7O16S/c1-4-69-31-43-57-47-48(39-11-5-6-12-40(39)56-49(47)53)58(43)33-51(2,3)74-46(67)17-15-35(59)9-7-13-41(63)42(28-45(65)66)75-32-34(50(54)68)27-36(60)18-20-71-22-24-73-26-25-72-23-21-70-19-8-10-38(62)30-55-44(64)16-14-37(61)29-52/h5-6,11-12,34,42H,4,7-10,13-33,52H2,1-3H3,(H2,53,56)(H2,54,68)(H,55,64)(H,65,66). The van der Waals surface area contributed by atoms with Crippen LogP contribution in [0.15, 0.2) is 24.3 Å². The molecule has 2 amide bonds. The number of para-hydroxylation sites is 1. The Labute approximate surface area is 440 Å². The number of thioether (sulfide) groups is 1. The first-order valence-corrected chi connectivity index (χ1v) is 26.2. The first kappa shape index (κ1) is 63.5. The van der Waals surface area contributed by atoms with Gasteiger partial charge in [0.1, 0.15) is 46.7 Å². The summed E-state index contributed by atoms with van der Waals surface area (Å²) in [6, 6.07) is 7.50. The van der Waals surface area contributed by atoms with Gasteiger partial charge in [0.15, 0.2) is 11.6 Å². The third-order valence-corrected chi connectivity index (χ3v) is 12.8. The fourth-order valence-electron chi connectivity index (χ4n) is 7.46. The number of aromatic nitrogens is 3. The number of Topliss-reactive ketones (excluding diaryl/α,β-unsaturated/α-hetero) is 5. The molecule has 0 aliphatic heterocycles. The second-order valence-electron chi connectivity index (χ2n) is 18.2. The molecule has 0 saturated heterocycles. The Hall–Kier alpha value is -5.76. The lowest BCUT2D eigenvalue weighted by Gasteiger charge is -2.27. The molecule has 0 spiro atoms. The number of nitrogens with one attached hydrogen (secondary N) is 1. The van der Waals surface area contributed by atoms with E-state index in [0.29, 0.717) is 62.9 Å². The Kier molecular flexibility index (Phi) is 29.4. The molecule has 23 nitrogen and oxygen atoms in total. The predicted octanol–water partition coefficient (Wildman–Crippen LogP) is 2.98. The number of anilines is 1. The minimum absolute atomic E-state index is 0.00251. The van der Waals surface area contributed by atoms with E-state index in [2.05, 4.69) is 10.3 Å². The highest BCUT2D eigenvalue weighted by Gasteiger charge is 2.29. The van der Waals surface area contributed by atoms with Crippen LogP contribution in [0.1, 0.15) is 104 Å². The normalized spacial score (nSPS) is 12.4. The van der Waals surface area contributed by atoms with Crippen LogP contribution < -0.4 is 22.5 Å². The number of carboxylic acid groups (broad SMARTS) is 1. The number of hydrogen-bond donors (Lipinski definition) is 5. The lowest BCUT2D eigenvalue weighted by molar-refractivity contribution is -0.158. The quantitative estimate of drug-likeness (QED) is 0.0401. The van der Waals surface area contributed by atoms with Gasteiger partial charge in [0.05, 0.1) is 101 Å². The van der Waals surface area contributed by atoms with Crippen molar-refractivity contribution in [3.8, 4) is 0 Å². The maximum atomic E-state index is 13.2. The predicted molar refractivity (Wildman–Crippen MR) is 277 cm³/mol. The molecule has 2 heterocycles. The van der Waals surface area contributed by atoms with E-state index < -0.39 is 46.8 Å². The minimum Gasteiger partial charge on any atom is -0.481 e. The van der Waals surface area contributed by atoms with E-state index in [1.165, 1.54) is 0 Å². The summed E-state index contributed by atoms with van der Waals surface area (Å²) >= 11 is 0.928. The summed E-state index contributed by atoms with van der Waals surface area (Å²) < 4.78 is 35.3. The fourth-order valence-corrected chi connectivity index (χ4v) is 8.77. The molecule has 0 aliphatic rings. The molecule has 75 heavy (non-hydrogen) atoms. The van der Waals surface area contributed by atoms with Crippen molar-refractivity contribution in [3.63, 3.8) is 0 Å². The minimum atomic E-state index is -1.23. The first-order valence-electron chi connectivity index (χ1n) is 25.2. The fraction of sp³-hybridized carbons (Fsp3) is 0.627. The number of imidazole rings is 1. The summed E-state index contributed by atoms with van der Waals surface area (Å²) in [7, 11) is 0. The van der Waals surface area contributed by atoms with Crippen molar-refractivity contribution < 1.29 is 76.7 Å². The number of nitrogen functional groups attached to an aromatic ring is 1. The van der Waals surface area contributed by atoms with Gasteiger partial charge in [-0.15, -0.1) is 11.8 Å². The molecular formula is C51H75N7O16S. The maximum absolute atomic E-state index is 13.2.